The number of rotatable bonds is 2. The summed E-state index contributed by atoms with van der Waals surface area (Å²) in [5.41, 5.74) is 4.42. The lowest BCUT2D eigenvalue weighted by molar-refractivity contribution is 0.261. The van der Waals surface area contributed by atoms with E-state index >= 15 is 0 Å². The number of aryl methyl sites for hydroxylation is 1. The fraction of sp³-hybridized carbons (Fsp3) is 0.294. The number of hydrogen-bond donors (Lipinski definition) is 0. The number of benzene rings is 2. The van der Waals surface area contributed by atoms with Crippen LogP contribution in [0.4, 0.5) is 0 Å². The highest BCUT2D eigenvalue weighted by Gasteiger charge is 2.13. The van der Waals surface area contributed by atoms with E-state index in [2.05, 4.69) is 69.4 Å². The molecule has 19 heavy (non-hydrogen) atoms. The molecular formula is C17H18BrN. The first-order valence-electron chi connectivity index (χ1n) is 6.85. The Morgan fingerprint density at radius 1 is 0.947 bits per heavy atom. The summed E-state index contributed by atoms with van der Waals surface area (Å²) >= 11 is 3.49. The first kappa shape index (κ1) is 12.9. The van der Waals surface area contributed by atoms with Crippen molar-refractivity contribution in [2.24, 2.45) is 0 Å². The van der Waals surface area contributed by atoms with Crippen LogP contribution >= 0.6 is 15.9 Å². The van der Waals surface area contributed by atoms with Gasteiger partial charge in [-0.05, 0) is 48.2 Å². The second-order valence-electron chi connectivity index (χ2n) is 5.21. The molecule has 2 aromatic carbocycles. The van der Waals surface area contributed by atoms with E-state index in [1.54, 1.807) is 0 Å². The van der Waals surface area contributed by atoms with E-state index in [4.69, 9.17) is 0 Å². The van der Waals surface area contributed by atoms with Crippen molar-refractivity contribution in [3.8, 4) is 0 Å². The maximum atomic E-state index is 3.49. The van der Waals surface area contributed by atoms with Crippen molar-refractivity contribution in [2.75, 3.05) is 6.54 Å². The Bertz CT molecular complexity index is 547. The summed E-state index contributed by atoms with van der Waals surface area (Å²) in [5, 5.41) is 0. The third-order valence-corrected chi connectivity index (χ3v) is 4.28. The molecule has 0 spiro atoms. The summed E-state index contributed by atoms with van der Waals surface area (Å²) in [6.45, 7) is 3.30. The Morgan fingerprint density at radius 3 is 2.47 bits per heavy atom. The van der Waals surface area contributed by atoms with Gasteiger partial charge in [0.2, 0.25) is 0 Å². The van der Waals surface area contributed by atoms with Crippen molar-refractivity contribution < 1.29 is 0 Å². The average molecular weight is 316 g/mol. The predicted molar refractivity (Wildman–Crippen MR) is 83.0 cm³/mol. The zero-order valence-electron chi connectivity index (χ0n) is 11.0. The molecule has 0 saturated heterocycles. The number of hydrogen-bond acceptors (Lipinski definition) is 1. The molecule has 0 saturated carbocycles. The topological polar surface area (TPSA) is 3.24 Å². The number of nitrogens with zero attached hydrogens (tertiary/aromatic N) is 1. The van der Waals surface area contributed by atoms with Gasteiger partial charge in [0, 0.05) is 17.6 Å². The first-order valence-corrected chi connectivity index (χ1v) is 7.64. The molecule has 0 amide bonds. The fourth-order valence-electron chi connectivity index (χ4n) is 2.75. The summed E-state index contributed by atoms with van der Waals surface area (Å²) < 4.78 is 1.15. The summed E-state index contributed by atoms with van der Waals surface area (Å²) in [6, 6.07) is 17.5. The van der Waals surface area contributed by atoms with Crippen LogP contribution in [0.3, 0.4) is 0 Å². The van der Waals surface area contributed by atoms with Crippen LogP contribution in [0.2, 0.25) is 0 Å². The van der Waals surface area contributed by atoms with Gasteiger partial charge in [-0.3, -0.25) is 4.90 Å². The molecule has 0 aromatic heterocycles. The molecule has 3 rings (SSSR count). The largest absolute Gasteiger partial charge is 0.295 e. The third kappa shape index (κ3) is 3.26. The second kappa shape index (κ2) is 5.89. The van der Waals surface area contributed by atoms with E-state index in [0.29, 0.717) is 0 Å². The smallest absolute Gasteiger partial charge is 0.0240 e. The maximum absolute atomic E-state index is 3.49. The van der Waals surface area contributed by atoms with Crippen molar-refractivity contribution in [1.29, 1.82) is 0 Å². The highest BCUT2D eigenvalue weighted by Crippen LogP contribution is 2.20. The highest BCUT2D eigenvalue weighted by molar-refractivity contribution is 9.10. The fourth-order valence-corrected chi connectivity index (χ4v) is 3.02. The molecule has 0 radical (unpaired) electrons. The van der Waals surface area contributed by atoms with E-state index in [1.165, 1.54) is 36.1 Å². The SMILES string of the molecule is Brc1ccc(CN2CCCc3ccccc3C2)cc1. The van der Waals surface area contributed by atoms with Crippen LogP contribution in [0.1, 0.15) is 23.1 Å². The predicted octanol–water partition coefficient (Wildman–Crippen LogP) is 4.40. The molecule has 0 N–H and O–H groups in total. The molecule has 0 fully saturated rings. The van der Waals surface area contributed by atoms with Crippen molar-refractivity contribution in [3.05, 3.63) is 69.7 Å². The van der Waals surface area contributed by atoms with E-state index < -0.39 is 0 Å². The lowest BCUT2D eigenvalue weighted by atomic mass is 10.0. The highest BCUT2D eigenvalue weighted by atomic mass is 79.9. The van der Waals surface area contributed by atoms with Gasteiger partial charge in [-0.2, -0.15) is 0 Å². The molecule has 0 unspecified atom stereocenters. The average Bonchev–Trinajstić information content (AvgIpc) is 2.63. The Kier molecular flexibility index (Phi) is 4.00. The second-order valence-corrected chi connectivity index (χ2v) is 6.13. The van der Waals surface area contributed by atoms with E-state index in [9.17, 15) is 0 Å². The molecule has 1 heterocycles. The molecule has 2 heteroatoms. The van der Waals surface area contributed by atoms with Gasteiger partial charge in [-0.1, -0.05) is 52.3 Å². The standard InChI is InChI=1S/C17H18BrN/c18-17-9-7-14(8-10-17)12-19-11-3-6-15-4-1-2-5-16(15)13-19/h1-2,4-5,7-10H,3,6,11-13H2. The summed E-state index contributed by atoms with van der Waals surface area (Å²) in [4.78, 5) is 2.55. The van der Waals surface area contributed by atoms with Gasteiger partial charge >= 0.3 is 0 Å². The van der Waals surface area contributed by atoms with Crippen molar-refractivity contribution in [1.82, 2.24) is 4.90 Å². The van der Waals surface area contributed by atoms with Gasteiger partial charge < -0.3 is 0 Å². The summed E-state index contributed by atoms with van der Waals surface area (Å²) in [5.74, 6) is 0. The van der Waals surface area contributed by atoms with Crippen LogP contribution in [0.25, 0.3) is 0 Å². The van der Waals surface area contributed by atoms with Crippen LogP contribution in [-0.4, -0.2) is 11.4 Å². The quantitative estimate of drug-likeness (QED) is 0.794. The Morgan fingerprint density at radius 2 is 1.68 bits per heavy atom. The van der Waals surface area contributed by atoms with Gasteiger partial charge in [0.05, 0.1) is 0 Å². The molecule has 0 bridgehead atoms. The molecule has 98 valence electrons. The Labute approximate surface area is 123 Å². The zero-order chi connectivity index (χ0) is 13.1. The van der Waals surface area contributed by atoms with Gasteiger partial charge in [0.1, 0.15) is 0 Å². The van der Waals surface area contributed by atoms with Crippen molar-refractivity contribution >= 4 is 15.9 Å². The third-order valence-electron chi connectivity index (χ3n) is 3.75. The lowest BCUT2D eigenvalue weighted by Gasteiger charge is -2.20. The van der Waals surface area contributed by atoms with Gasteiger partial charge in [0.25, 0.3) is 0 Å². The monoisotopic (exact) mass is 315 g/mol. The first-order chi connectivity index (χ1) is 9.31. The van der Waals surface area contributed by atoms with Gasteiger partial charge in [-0.15, -0.1) is 0 Å². The van der Waals surface area contributed by atoms with Gasteiger partial charge in [0.15, 0.2) is 0 Å². The van der Waals surface area contributed by atoms with Crippen LogP contribution in [0, 0.1) is 0 Å². The molecule has 0 aliphatic carbocycles. The van der Waals surface area contributed by atoms with Gasteiger partial charge in [-0.25, -0.2) is 0 Å². The van der Waals surface area contributed by atoms with E-state index in [0.717, 1.165) is 17.6 Å². The molecule has 0 atom stereocenters. The number of halogens is 1. The van der Waals surface area contributed by atoms with E-state index in [-0.39, 0.29) is 0 Å². The molecule has 2 aromatic rings. The Hall–Kier alpha value is -1.12. The summed E-state index contributed by atoms with van der Waals surface area (Å²) in [7, 11) is 0. The molecular weight excluding hydrogens is 298 g/mol. The van der Waals surface area contributed by atoms with Crippen molar-refractivity contribution in [3.63, 3.8) is 0 Å². The minimum Gasteiger partial charge on any atom is -0.295 e. The number of fused-ring (bicyclic) bond motifs is 1. The van der Waals surface area contributed by atoms with Crippen LogP contribution in [0.15, 0.2) is 53.0 Å². The van der Waals surface area contributed by atoms with Crippen molar-refractivity contribution in [2.45, 2.75) is 25.9 Å². The van der Waals surface area contributed by atoms with Crippen LogP contribution < -0.4 is 0 Å². The normalized spacial score (nSPS) is 15.8. The molecule has 1 aliphatic rings. The lowest BCUT2D eigenvalue weighted by Crippen LogP contribution is -2.22. The zero-order valence-corrected chi connectivity index (χ0v) is 12.6. The van der Waals surface area contributed by atoms with E-state index in [1.807, 2.05) is 0 Å². The molecule has 1 aliphatic heterocycles. The molecule has 1 nitrogen and oxygen atoms in total. The van der Waals surface area contributed by atoms with Crippen LogP contribution in [-0.2, 0) is 19.5 Å². The minimum absolute atomic E-state index is 1.04. The summed E-state index contributed by atoms with van der Waals surface area (Å²) in [6.07, 6.45) is 2.47. The van der Waals surface area contributed by atoms with Crippen LogP contribution in [0.5, 0.6) is 0 Å². The Balaban J connectivity index is 1.74. The maximum Gasteiger partial charge on any atom is 0.0240 e. The minimum atomic E-state index is 1.04.